The first kappa shape index (κ1) is 27.4. The van der Waals surface area contributed by atoms with E-state index in [9.17, 15) is 14.4 Å². The summed E-state index contributed by atoms with van der Waals surface area (Å²) in [4.78, 5) is 39.9. The Bertz CT molecular complexity index is 984. The third-order valence-corrected chi connectivity index (χ3v) is 6.24. The van der Waals surface area contributed by atoms with Gasteiger partial charge in [0.15, 0.2) is 0 Å². The second-order valence-corrected chi connectivity index (χ2v) is 9.90. The molecule has 0 bridgehead atoms. The summed E-state index contributed by atoms with van der Waals surface area (Å²) >= 11 is 0. The molecule has 1 unspecified atom stereocenters. The minimum Gasteiger partial charge on any atom is -0.374 e. The highest BCUT2D eigenvalue weighted by molar-refractivity contribution is 5.91. The summed E-state index contributed by atoms with van der Waals surface area (Å²) < 4.78 is 5.78. The van der Waals surface area contributed by atoms with Crippen LogP contribution in [0, 0.1) is 0 Å². The van der Waals surface area contributed by atoms with Crippen molar-refractivity contribution < 1.29 is 19.1 Å². The number of hydrogen-bond donors (Lipinski definition) is 3. The number of rotatable bonds is 11. The number of ether oxygens (including phenoxy) is 1. The third kappa shape index (κ3) is 8.77. The van der Waals surface area contributed by atoms with Crippen molar-refractivity contribution in [1.82, 2.24) is 15.5 Å². The molecule has 1 aliphatic heterocycles. The van der Waals surface area contributed by atoms with Crippen LogP contribution in [0.25, 0.3) is 0 Å². The van der Waals surface area contributed by atoms with Gasteiger partial charge in [-0.1, -0.05) is 60.7 Å². The van der Waals surface area contributed by atoms with E-state index in [1.54, 1.807) is 18.7 Å². The van der Waals surface area contributed by atoms with E-state index < -0.39 is 17.5 Å². The molecule has 36 heavy (non-hydrogen) atoms. The predicted molar refractivity (Wildman–Crippen MR) is 139 cm³/mol. The molecular weight excluding hydrogens is 456 g/mol. The Labute approximate surface area is 213 Å². The molecule has 3 rings (SSSR count). The number of nitrogens with two attached hydrogens (primary N) is 1. The zero-order valence-electron chi connectivity index (χ0n) is 21.2. The van der Waals surface area contributed by atoms with Gasteiger partial charge in [-0.05, 0) is 44.2 Å². The van der Waals surface area contributed by atoms with E-state index >= 15 is 0 Å². The van der Waals surface area contributed by atoms with Gasteiger partial charge in [-0.3, -0.25) is 14.4 Å². The van der Waals surface area contributed by atoms with Gasteiger partial charge in [0.05, 0.1) is 18.8 Å². The number of piperidine rings is 1. The average molecular weight is 495 g/mol. The summed E-state index contributed by atoms with van der Waals surface area (Å²) in [7, 11) is 0. The van der Waals surface area contributed by atoms with E-state index in [0.29, 0.717) is 45.4 Å². The van der Waals surface area contributed by atoms with Crippen LogP contribution in [0.15, 0.2) is 60.7 Å². The smallest absolute Gasteiger partial charge is 0.247 e. The van der Waals surface area contributed by atoms with E-state index in [4.69, 9.17) is 10.5 Å². The summed E-state index contributed by atoms with van der Waals surface area (Å²) in [5.74, 6) is -0.590. The molecule has 1 saturated heterocycles. The van der Waals surface area contributed by atoms with Crippen LogP contribution in [0.5, 0.6) is 0 Å². The molecule has 1 heterocycles. The Hall–Kier alpha value is -3.23. The van der Waals surface area contributed by atoms with Gasteiger partial charge in [0.25, 0.3) is 0 Å². The van der Waals surface area contributed by atoms with Crippen molar-refractivity contribution >= 4 is 17.7 Å². The molecule has 0 spiro atoms. The predicted octanol–water partition coefficient (Wildman–Crippen LogP) is 2.17. The number of nitrogens with one attached hydrogen (secondary N) is 2. The zero-order valence-corrected chi connectivity index (χ0v) is 21.2. The Balaban J connectivity index is 1.49. The van der Waals surface area contributed by atoms with Crippen molar-refractivity contribution in [2.45, 2.75) is 63.8 Å². The molecule has 1 atom stereocenters. The molecule has 0 aliphatic carbocycles. The van der Waals surface area contributed by atoms with E-state index in [0.717, 1.165) is 11.1 Å². The highest BCUT2D eigenvalue weighted by Crippen LogP contribution is 2.14. The van der Waals surface area contributed by atoms with Crippen molar-refractivity contribution in [3.05, 3.63) is 71.8 Å². The summed E-state index contributed by atoms with van der Waals surface area (Å²) in [6.07, 6.45) is 2.46. The van der Waals surface area contributed by atoms with Gasteiger partial charge in [-0.15, -0.1) is 0 Å². The van der Waals surface area contributed by atoms with Gasteiger partial charge in [0.1, 0.15) is 6.04 Å². The Morgan fingerprint density at radius 3 is 2.17 bits per heavy atom. The minimum absolute atomic E-state index is 0.0215. The van der Waals surface area contributed by atoms with Gasteiger partial charge in [-0.25, -0.2) is 0 Å². The van der Waals surface area contributed by atoms with Gasteiger partial charge in [0, 0.05) is 25.6 Å². The molecular formula is C28H38N4O4. The van der Waals surface area contributed by atoms with Crippen molar-refractivity contribution in [2.75, 3.05) is 19.7 Å². The number of carbonyl (C=O) groups is 3. The molecule has 8 nitrogen and oxygen atoms in total. The lowest BCUT2D eigenvalue weighted by Gasteiger charge is -2.35. The normalized spacial score (nSPS) is 15.2. The number of aryl methyl sites for hydroxylation is 1. The lowest BCUT2D eigenvalue weighted by Crippen LogP contribution is -2.59. The zero-order chi connectivity index (χ0) is 26.0. The summed E-state index contributed by atoms with van der Waals surface area (Å²) in [6, 6.07) is 18.8. The first-order valence-corrected chi connectivity index (χ1v) is 12.6. The van der Waals surface area contributed by atoms with E-state index in [2.05, 4.69) is 10.6 Å². The van der Waals surface area contributed by atoms with Crippen LogP contribution in [0.1, 0.15) is 44.2 Å². The number of amides is 3. The molecule has 2 aromatic carbocycles. The fourth-order valence-corrected chi connectivity index (χ4v) is 4.05. The molecule has 1 fully saturated rings. The van der Waals surface area contributed by atoms with Crippen LogP contribution in [-0.4, -0.2) is 59.9 Å². The van der Waals surface area contributed by atoms with E-state index in [1.165, 1.54) is 0 Å². The van der Waals surface area contributed by atoms with E-state index in [1.807, 2.05) is 60.7 Å². The second kappa shape index (κ2) is 13.2. The quantitative estimate of drug-likeness (QED) is 0.443. The van der Waals surface area contributed by atoms with Crippen molar-refractivity contribution in [2.24, 2.45) is 5.73 Å². The van der Waals surface area contributed by atoms with Gasteiger partial charge >= 0.3 is 0 Å². The number of likely N-dealkylation sites (tertiary alicyclic amines) is 1. The average Bonchev–Trinajstić information content (AvgIpc) is 2.87. The third-order valence-electron chi connectivity index (χ3n) is 6.24. The Morgan fingerprint density at radius 1 is 1.00 bits per heavy atom. The molecule has 8 heteroatoms. The highest BCUT2D eigenvalue weighted by atomic mass is 16.5. The number of benzene rings is 2. The Morgan fingerprint density at radius 2 is 1.58 bits per heavy atom. The molecule has 0 saturated carbocycles. The number of carbonyl (C=O) groups excluding carboxylic acids is 3. The fraction of sp³-hybridized carbons (Fsp3) is 0.464. The van der Waals surface area contributed by atoms with Crippen LogP contribution < -0.4 is 16.4 Å². The van der Waals surface area contributed by atoms with Gasteiger partial charge in [-0.2, -0.15) is 0 Å². The lowest BCUT2D eigenvalue weighted by atomic mass is 10.0. The maximum Gasteiger partial charge on any atom is 0.247 e. The SMILES string of the molecule is CC(C)(N)C(=O)NC(COCc1ccccc1)C(=O)N1CCC(NC(=O)CCc2ccccc2)CC1. The van der Waals surface area contributed by atoms with Crippen LogP contribution in [-0.2, 0) is 32.1 Å². The maximum absolute atomic E-state index is 13.3. The number of nitrogens with zero attached hydrogens (tertiary/aromatic N) is 1. The Kier molecular flexibility index (Phi) is 10.0. The highest BCUT2D eigenvalue weighted by Gasteiger charge is 2.32. The monoisotopic (exact) mass is 494 g/mol. The molecule has 2 aromatic rings. The first-order chi connectivity index (χ1) is 17.2. The van der Waals surface area contributed by atoms with Crippen molar-refractivity contribution in [1.29, 1.82) is 0 Å². The van der Waals surface area contributed by atoms with Crippen LogP contribution in [0.2, 0.25) is 0 Å². The van der Waals surface area contributed by atoms with Crippen molar-refractivity contribution in [3.63, 3.8) is 0 Å². The fourth-order valence-electron chi connectivity index (χ4n) is 4.05. The number of hydrogen-bond acceptors (Lipinski definition) is 5. The molecule has 0 radical (unpaired) electrons. The molecule has 0 aromatic heterocycles. The summed E-state index contributed by atoms with van der Waals surface area (Å²) in [5.41, 5.74) is 6.94. The molecule has 3 amide bonds. The second-order valence-electron chi connectivity index (χ2n) is 9.90. The summed E-state index contributed by atoms with van der Waals surface area (Å²) in [5, 5.41) is 5.86. The van der Waals surface area contributed by atoms with Crippen molar-refractivity contribution in [3.8, 4) is 0 Å². The van der Waals surface area contributed by atoms with Crippen LogP contribution in [0.3, 0.4) is 0 Å². The van der Waals surface area contributed by atoms with E-state index in [-0.39, 0.29) is 24.5 Å². The minimum atomic E-state index is -1.12. The summed E-state index contributed by atoms with van der Waals surface area (Å²) in [6.45, 7) is 4.58. The maximum atomic E-state index is 13.3. The van der Waals surface area contributed by atoms with Gasteiger partial charge < -0.3 is 26.0 Å². The molecule has 4 N–H and O–H groups in total. The molecule has 1 aliphatic rings. The van der Waals surface area contributed by atoms with Crippen LogP contribution >= 0.6 is 0 Å². The standard InChI is InChI=1S/C28H38N4O4/c1-28(2,29)27(35)31-24(20-36-19-22-11-7-4-8-12-22)26(34)32-17-15-23(16-18-32)30-25(33)14-13-21-9-5-3-6-10-21/h3-12,23-24H,13-20,29H2,1-2H3,(H,30,33)(H,31,35). The molecule has 194 valence electrons. The van der Waals surface area contributed by atoms with Crippen LogP contribution in [0.4, 0.5) is 0 Å². The topological polar surface area (TPSA) is 114 Å². The largest absolute Gasteiger partial charge is 0.374 e. The lowest BCUT2D eigenvalue weighted by molar-refractivity contribution is -0.140. The first-order valence-electron chi connectivity index (χ1n) is 12.6. The van der Waals surface area contributed by atoms with Gasteiger partial charge in [0.2, 0.25) is 17.7 Å².